The van der Waals surface area contributed by atoms with Crippen molar-refractivity contribution in [1.29, 1.82) is 0 Å². The zero-order valence-electron chi connectivity index (χ0n) is 30.2. The van der Waals surface area contributed by atoms with Crippen LogP contribution in [0.1, 0.15) is 67.7 Å². The molecular formula is C36H49BFN5O7. The number of esters is 1. The number of anilines is 1. The molecule has 14 heteroatoms. The van der Waals surface area contributed by atoms with Crippen LogP contribution in [0.3, 0.4) is 0 Å². The maximum absolute atomic E-state index is 16.3. The Morgan fingerprint density at radius 1 is 1.16 bits per heavy atom. The fraction of sp³-hybridized carbons (Fsp3) is 0.611. The van der Waals surface area contributed by atoms with Crippen LogP contribution >= 0.6 is 0 Å². The fourth-order valence-electron chi connectivity index (χ4n) is 7.33. The number of hydrogen-bond donors (Lipinski definition) is 1. The molecule has 50 heavy (non-hydrogen) atoms. The lowest BCUT2D eigenvalue weighted by atomic mass is 9.53. The van der Waals surface area contributed by atoms with Crippen molar-refractivity contribution in [1.82, 2.24) is 19.9 Å². The lowest BCUT2D eigenvalue weighted by Gasteiger charge is -2.44. The van der Waals surface area contributed by atoms with Crippen molar-refractivity contribution < 1.29 is 37.8 Å². The summed E-state index contributed by atoms with van der Waals surface area (Å²) >= 11 is 0. The number of ketones is 2. The van der Waals surface area contributed by atoms with E-state index in [9.17, 15) is 19.2 Å². The first-order valence-corrected chi connectivity index (χ1v) is 17.1. The molecule has 1 aromatic heterocycles. The Labute approximate surface area is 294 Å². The third-order valence-corrected chi connectivity index (χ3v) is 10.8. The van der Waals surface area contributed by atoms with Crippen molar-refractivity contribution >= 4 is 37.2 Å². The number of carbonyl (C=O) groups is 4. The highest BCUT2D eigenvalue weighted by atomic mass is 19.1. The Kier molecular flexibility index (Phi) is 11.7. The van der Waals surface area contributed by atoms with E-state index < -0.39 is 70.4 Å². The number of cyclic esters (lactones) is 1. The molecule has 2 aliphatic rings. The van der Waals surface area contributed by atoms with E-state index in [0.29, 0.717) is 17.9 Å². The number of methoxy groups -OCH3 is 1. The quantitative estimate of drug-likeness (QED) is 0.133. The molecule has 2 fully saturated rings. The van der Waals surface area contributed by atoms with Gasteiger partial charge in [-0.1, -0.05) is 63.6 Å². The first-order valence-electron chi connectivity index (χ1n) is 17.1. The van der Waals surface area contributed by atoms with Crippen molar-refractivity contribution in [3.63, 3.8) is 0 Å². The summed E-state index contributed by atoms with van der Waals surface area (Å²) in [5, 5.41) is 6.98. The molecule has 0 aliphatic carbocycles. The van der Waals surface area contributed by atoms with Gasteiger partial charge < -0.3 is 19.9 Å². The van der Waals surface area contributed by atoms with E-state index in [4.69, 9.17) is 27.8 Å². The zero-order chi connectivity index (χ0) is 37.2. The molecular weight excluding hydrogens is 644 g/mol. The Hall–Kier alpha value is -4.07. The van der Waals surface area contributed by atoms with E-state index >= 15 is 4.39 Å². The van der Waals surface area contributed by atoms with Crippen LogP contribution in [0.5, 0.6) is 0 Å². The number of fused-ring (bicyclic) bond motifs is 1. The summed E-state index contributed by atoms with van der Waals surface area (Å²) in [6.07, 6.45) is 3.19. The number of benzene rings is 1. The minimum Gasteiger partial charge on any atom is -0.455 e. The van der Waals surface area contributed by atoms with Crippen LogP contribution in [0.2, 0.25) is 5.31 Å². The molecule has 0 saturated carbocycles. The van der Waals surface area contributed by atoms with E-state index in [1.54, 1.807) is 69.8 Å². The number of Topliss-reactive ketones (excluding diaryl/α,β-unsaturated/α-hetero) is 2. The summed E-state index contributed by atoms with van der Waals surface area (Å²) in [5.41, 5.74) is 3.36. The van der Waals surface area contributed by atoms with Crippen LogP contribution < -0.4 is 5.73 Å². The summed E-state index contributed by atoms with van der Waals surface area (Å²) in [6, 6.07) is 6.39. The average molecular weight is 694 g/mol. The van der Waals surface area contributed by atoms with E-state index in [1.807, 2.05) is 12.1 Å². The number of ether oxygens (including phenoxy) is 3. The number of rotatable bonds is 8. The van der Waals surface area contributed by atoms with E-state index in [2.05, 4.69) is 10.3 Å². The molecule has 2 N–H and O–H groups in total. The normalized spacial score (nSPS) is 33.5. The van der Waals surface area contributed by atoms with Crippen molar-refractivity contribution in [2.24, 2.45) is 17.8 Å². The average Bonchev–Trinajstić information content (AvgIpc) is 3.66. The van der Waals surface area contributed by atoms with Gasteiger partial charge in [-0.2, -0.15) is 0 Å². The van der Waals surface area contributed by atoms with Gasteiger partial charge in [0, 0.05) is 42.7 Å². The van der Waals surface area contributed by atoms with Crippen LogP contribution in [-0.4, -0.2) is 94.5 Å². The van der Waals surface area contributed by atoms with Gasteiger partial charge in [0.15, 0.2) is 11.4 Å². The molecule has 270 valence electrons. The second-order valence-corrected chi connectivity index (χ2v) is 14.1. The van der Waals surface area contributed by atoms with Gasteiger partial charge >= 0.3 is 12.1 Å². The van der Waals surface area contributed by atoms with Gasteiger partial charge in [0.1, 0.15) is 17.6 Å². The molecule has 0 spiro atoms. The molecule has 2 radical (unpaired) electrons. The van der Waals surface area contributed by atoms with E-state index in [0.717, 1.165) is 12.5 Å². The summed E-state index contributed by atoms with van der Waals surface area (Å²) in [4.78, 5) is 56.2. The topological polar surface area (TPSA) is 156 Å². The number of nitrogens with zero attached hydrogens (tertiary/aromatic N) is 4. The molecule has 12 nitrogen and oxygen atoms in total. The second-order valence-electron chi connectivity index (χ2n) is 14.1. The predicted molar refractivity (Wildman–Crippen MR) is 186 cm³/mol. The number of alkyl halides is 1. The first-order chi connectivity index (χ1) is 23.4. The maximum atomic E-state index is 16.3. The Bertz CT molecular complexity index is 1620. The van der Waals surface area contributed by atoms with Gasteiger partial charge in [0.2, 0.25) is 0 Å². The van der Waals surface area contributed by atoms with Gasteiger partial charge in [-0.15, -0.1) is 5.10 Å². The van der Waals surface area contributed by atoms with Gasteiger partial charge in [-0.25, -0.2) is 18.7 Å². The lowest BCUT2D eigenvalue weighted by molar-refractivity contribution is -0.180. The summed E-state index contributed by atoms with van der Waals surface area (Å²) in [7, 11) is 8.21. The highest BCUT2D eigenvalue weighted by Gasteiger charge is 2.61. The van der Waals surface area contributed by atoms with Gasteiger partial charge in [-0.3, -0.25) is 14.5 Å². The van der Waals surface area contributed by atoms with Gasteiger partial charge in [0.05, 0.1) is 32.7 Å². The number of allylic oxidation sites excluding steroid dienone is 1. The number of aromatic nitrogens is 3. The fourth-order valence-corrected chi connectivity index (χ4v) is 7.33. The number of halogens is 1. The van der Waals surface area contributed by atoms with E-state index in [-0.39, 0.29) is 31.6 Å². The Morgan fingerprint density at radius 3 is 2.48 bits per heavy atom. The van der Waals surface area contributed by atoms with Crippen LogP contribution in [-0.2, 0) is 35.1 Å². The molecule has 3 heterocycles. The smallest absolute Gasteiger partial charge is 0.411 e. The highest BCUT2D eigenvalue weighted by molar-refractivity contribution is 6.20. The highest BCUT2D eigenvalue weighted by Crippen LogP contribution is 2.47. The molecule has 4 rings (SSSR count). The molecule has 1 amide bonds. The second kappa shape index (κ2) is 15.0. The third-order valence-electron chi connectivity index (χ3n) is 10.8. The number of nitrogen functional groups attached to an aromatic ring is 1. The standard InChI is InChI=1S/C36H49BFN5O7/c1-9-28-35(7)30(43(33(47)50-35)18-11-10-17-42-20-27(40-41-42)25-13-12-14-26(39)19-25)22(3)29(44)21(2)15-16-36(37,24(5)48-8)23(4)31(45)34(6,38)32(46)49-28/h10-14,19-24,28,30H,9,15-18,39H2,1-8H3/b11-10+/t21-,22+,23+,24?,28-,30-,34+,35-,36+/m1/s1. The monoisotopic (exact) mass is 693 g/mol. The maximum Gasteiger partial charge on any atom is 0.411 e. The minimum absolute atomic E-state index is 0.0559. The van der Waals surface area contributed by atoms with Crippen LogP contribution in [0.4, 0.5) is 14.9 Å². The van der Waals surface area contributed by atoms with Crippen LogP contribution in [0.25, 0.3) is 11.3 Å². The molecule has 2 aromatic rings. The molecule has 0 bridgehead atoms. The predicted octanol–water partition coefficient (Wildman–Crippen LogP) is 4.92. The van der Waals surface area contributed by atoms with Crippen molar-refractivity contribution in [2.75, 3.05) is 19.4 Å². The number of hydrogen-bond acceptors (Lipinski definition) is 10. The zero-order valence-corrected chi connectivity index (χ0v) is 30.2. The molecule has 2 aliphatic heterocycles. The number of carbonyl (C=O) groups excluding carboxylic acids is 4. The Morgan fingerprint density at radius 2 is 1.84 bits per heavy atom. The largest absolute Gasteiger partial charge is 0.455 e. The lowest BCUT2D eigenvalue weighted by Crippen LogP contribution is -2.59. The minimum atomic E-state index is -3.06. The summed E-state index contributed by atoms with van der Waals surface area (Å²) < 4.78 is 35.1. The number of nitrogens with two attached hydrogens (primary N) is 1. The Balaban J connectivity index is 1.65. The van der Waals surface area contributed by atoms with Crippen LogP contribution in [0, 0.1) is 17.8 Å². The first kappa shape index (κ1) is 38.7. The molecule has 1 unspecified atom stereocenters. The van der Waals surface area contributed by atoms with Gasteiger partial charge in [0.25, 0.3) is 5.67 Å². The van der Waals surface area contributed by atoms with Crippen molar-refractivity contribution in [3.8, 4) is 11.3 Å². The summed E-state index contributed by atoms with van der Waals surface area (Å²) in [6.45, 7) is 11.1. The number of amides is 1. The SMILES string of the molecule is [B][C@@]1(C(C)OC)CC[C@@H](C)C(=O)[C@H](C)[C@H]2N(C/C=C/Cn3cc(-c4cccc(N)c4)nn3)C(=O)O[C@]2(C)[C@@H](CC)OC(=O)[C@@](C)(F)C(=O)[C@@H]1C. The molecule has 2 saturated heterocycles. The van der Waals surface area contributed by atoms with Gasteiger partial charge in [-0.05, 0) is 51.1 Å². The third kappa shape index (κ3) is 7.36. The van der Waals surface area contributed by atoms with Crippen LogP contribution in [0.15, 0.2) is 42.6 Å². The summed E-state index contributed by atoms with van der Waals surface area (Å²) in [5.74, 6) is -5.15. The molecule has 1 aromatic carbocycles. The van der Waals surface area contributed by atoms with E-state index in [1.165, 1.54) is 18.9 Å². The van der Waals surface area contributed by atoms with Crippen molar-refractivity contribution in [2.45, 2.75) is 109 Å². The van der Waals surface area contributed by atoms with Crippen molar-refractivity contribution in [3.05, 3.63) is 42.6 Å². The molecule has 9 atom stereocenters.